The summed E-state index contributed by atoms with van der Waals surface area (Å²) < 4.78 is 3.54. The first kappa shape index (κ1) is 37.0. The maximum Gasteiger partial charge on any atom is 0.274 e. The lowest BCUT2D eigenvalue weighted by Gasteiger charge is -2.11. The van der Waals surface area contributed by atoms with Crippen LogP contribution in [0.4, 0.5) is 11.4 Å². The summed E-state index contributed by atoms with van der Waals surface area (Å²) in [5.41, 5.74) is 12.5. The summed E-state index contributed by atoms with van der Waals surface area (Å²) in [5.74, 6) is -1.06. The Hall–Kier alpha value is -5.47. The Morgan fingerprint density at radius 3 is 1.62 bits per heavy atom. The molecule has 3 aromatic heterocycles. The number of anilines is 2. The van der Waals surface area contributed by atoms with Crippen LogP contribution in [0.25, 0.3) is 0 Å². The molecule has 258 valence electrons. The van der Waals surface area contributed by atoms with Gasteiger partial charge in [0.2, 0.25) is 0 Å². The van der Waals surface area contributed by atoms with Crippen molar-refractivity contribution < 1.29 is 19.2 Å². The number of amides is 4. The van der Waals surface area contributed by atoms with Gasteiger partial charge in [0.15, 0.2) is 0 Å². The highest BCUT2D eigenvalue weighted by molar-refractivity contribution is 6.08. The van der Waals surface area contributed by atoms with Gasteiger partial charge in [0.1, 0.15) is 17.1 Å². The van der Waals surface area contributed by atoms with Crippen LogP contribution < -0.4 is 32.7 Å². The Kier molecular flexibility index (Phi) is 13.4. The molecule has 3 aromatic rings. The average Bonchev–Trinajstić information content (AvgIpc) is 3.62. The molecule has 0 unspecified atom stereocenters. The Morgan fingerprint density at radius 1 is 0.729 bits per heavy atom. The molecule has 3 rings (SSSR count). The molecule has 15 nitrogen and oxygen atoms in total. The van der Waals surface area contributed by atoms with Crippen LogP contribution in [0.2, 0.25) is 0 Å². The number of nitrogens with one attached hydrogen (secondary N) is 6. The topological polar surface area (TPSA) is 239 Å². The van der Waals surface area contributed by atoms with Crippen LogP contribution in [-0.2, 0) is 13.1 Å². The normalized spacial score (nSPS) is 11.0. The predicted molar refractivity (Wildman–Crippen MR) is 186 cm³/mol. The first-order valence-electron chi connectivity index (χ1n) is 15.9. The number of hydrogen-bond donors (Lipinski definition) is 8. The molecule has 0 aliphatic heterocycles. The number of carbonyl (C=O) groups is 4. The van der Waals surface area contributed by atoms with Gasteiger partial charge in [-0.2, -0.15) is 0 Å². The van der Waals surface area contributed by atoms with Gasteiger partial charge in [-0.05, 0) is 48.9 Å². The molecule has 0 atom stereocenters. The van der Waals surface area contributed by atoms with Gasteiger partial charge in [-0.25, -0.2) is 0 Å². The van der Waals surface area contributed by atoms with E-state index in [0.29, 0.717) is 47.7 Å². The van der Waals surface area contributed by atoms with Gasteiger partial charge in [0, 0.05) is 63.2 Å². The lowest BCUT2D eigenvalue weighted by atomic mass is 10.1. The highest BCUT2D eigenvalue weighted by Crippen LogP contribution is 2.20. The summed E-state index contributed by atoms with van der Waals surface area (Å²) in [7, 11) is 0. The minimum absolute atomic E-state index is 0.00918. The number of aryl methyl sites for hydroxylation is 2. The number of pyridine rings is 1. The summed E-state index contributed by atoms with van der Waals surface area (Å²) in [6.07, 6.45) is 6.78. The minimum atomic E-state index is -0.571. The second kappa shape index (κ2) is 17.4. The van der Waals surface area contributed by atoms with Crippen molar-refractivity contribution in [2.24, 2.45) is 23.3 Å². The van der Waals surface area contributed by atoms with E-state index in [9.17, 15) is 19.2 Å². The quantitative estimate of drug-likeness (QED) is 0.0746. The molecule has 0 saturated carbocycles. The van der Waals surface area contributed by atoms with E-state index in [0.717, 1.165) is 12.8 Å². The Bertz CT molecular complexity index is 1520. The molecule has 15 heteroatoms. The number of rotatable bonds is 18. The number of carbonyl (C=O) groups excluding carboxylic acids is 4. The standard InChI is InChI=1S/C33H47N11O4/c1-20(2)8-13-43-18-23(16-26(43)32(47)39-11-6-28(34)35)41-30(45)22-5-10-38-25(15-22)31(46)42-24-17-27(33(48)40-12-7-29(36)37)44(19-24)14-9-21(3)4/h5,10,15-21H,6-9,11-14H2,1-4H3,(H3,34,35)(H3,36,37)(H,39,47)(H,40,48)(H,41,45)(H,42,46). The molecular weight excluding hydrogens is 614 g/mol. The zero-order chi connectivity index (χ0) is 35.4. The van der Waals surface area contributed by atoms with Crippen molar-refractivity contribution in [2.75, 3.05) is 23.7 Å². The second-order valence-corrected chi connectivity index (χ2v) is 12.4. The summed E-state index contributed by atoms with van der Waals surface area (Å²) in [5, 5.41) is 25.8. The Labute approximate surface area is 280 Å². The number of amidine groups is 2. The molecule has 0 aromatic carbocycles. The summed E-state index contributed by atoms with van der Waals surface area (Å²) in [6, 6.07) is 5.98. The van der Waals surface area contributed by atoms with Crippen molar-refractivity contribution in [1.29, 1.82) is 10.8 Å². The highest BCUT2D eigenvalue weighted by atomic mass is 16.2. The van der Waals surface area contributed by atoms with E-state index >= 15 is 0 Å². The molecule has 0 aliphatic rings. The van der Waals surface area contributed by atoms with Gasteiger partial charge in [0.05, 0.1) is 23.0 Å². The van der Waals surface area contributed by atoms with E-state index in [1.165, 1.54) is 18.3 Å². The molecule has 10 N–H and O–H groups in total. The van der Waals surface area contributed by atoms with Crippen LogP contribution in [0, 0.1) is 22.7 Å². The lowest BCUT2D eigenvalue weighted by molar-refractivity contribution is 0.0937. The van der Waals surface area contributed by atoms with Crippen molar-refractivity contribution in [3.8, 4) is 0 Å². The van der Waals surface area contributed by atoms with Crippen molar-refractivity contribution in [2.45, 2.75) is 66.5 Å². The van der Waals surface area contributed by atoms with E-state index in [2.05, 4.69) is 53.9 Å². The minimum Gasteiger partial charge on any atom is -0.388 e. The third kappa shape index (κ3) is 11.4. The van der Waals surface area contributed by atoms with Crippen LogP contribution in [0.15, 0.2) is 42.9 Å². The van der Waals surface area contributed by atoms with Gasteiger partial charge >= 0.3 is 0 Å². The summed E-state index contributed by atoms with van der Waals surface area (Å²) in [4.78, 5) is 56.3. The van der Waals surface area contributed by atoms with Crippen LogP contribution in [0.1, 0.15) is 95.2 Å². The van der Waals surface area contributed by atoms with Crippen molar-refractivity contribution in [3.63, 3.8) is 0 Å². The number of hydrogen-bond acceptors (Lipinski definition) is 7. The molecule has 0 saturated heterocycles. The summed E-state index contributed by atoms with van der Waals surface area (Å²) >= 11 is 0. The fourth-order valence-electron chi connectivity index (χ4n) is 4.60. The fourth-order valence-corrected chi connectivity index (χ4v) is 4.60. The largest absolute Gasteiger partial charge is 0.388 e. The molecule has 0 spiro atoms. The van der Waals surface area contributed by atoms with Crippen molar-refractivity contribution >= 4 is 46.7 Å². The predicted octanol–water partition coefficient (Wildman–Crippen LogP) is 3.39. The third-order valence-electron chi connectivity index (χ3n) is 7.28. The lowest BCUT2D eigenvalue weighted by Crippen LogP contribution is -2.29. The van der Waals surface area contributed by atoms with Crippen LogP contribution in [0.3, 0.4) is 0 Å². The Balaban J connectivity index is 1.75. The molecular formula is C33H47N11O4. The molecule has 0 bridgehead atoms. The highest BCUT2D eigenvalue weighted by Gasteiger charge is 2.19. The summed E-state index contributed by atoms with van der Waals surface area (Å²) in [6.45, 7) is 9.84. The fraction of sp³-hybridized carbons (Fsp3) is 0.424. The molecule has 0 fully saturated rings. The second-order valence-electron chi connectivity index (χ2n) is 12.4. The number of nitrogens with two attached hydrogens (primary N) is 2. The molecule has 3 heterocycles. The zero-order valence-corrected chi connectivity index (χ0v) is 28.0. The number of nitrogens with zero attached hydrogens (tertiary/aromatic N) is 3. The van der Waals surface area contributed by atoms with Gasteiger partial charge in [0.25, 0.3) is 23.6 Å². The number of aromatic nitrogens is 3. The average molecular weight is 662 g/mol. The van der Waals surface area contributed by atoms with E-state index < -0.39 is 11.8 Å². The monoisotopic (exact) mass is 661 g/mol. The van der Waals surface area contributed by atoms with Gasteiger partial charge in [-0.3, -0.25) is 35.0 Å². The zero-order valence-electron chi connectivity index (χ0n) is 28.0. The molecule has 0 aliphatic carbocycles. The first-order chi connectivity index (χ1) is 22.7. The molecule has 4 amide bonds. The third-order valence-corrected chi connectivity index (χ3v) is 7.28. The van der Waals surface area contributed by atoms with Gasteiger partial charge < -0.3 is 41.9 Å². The molecule has 0 radical (unpaired) electrons. The van der Waals surface area contributed by atoms with Gasteiger partial charge in [-0.15, -0.1) is 0 Å². The smallest absolute Gasteiger partial charge is 0.274 e. The van der Waals surface area contributed by atoms with E-state index in [4.69, 9.17) is 22.3 Å². The maximum atomic E-state index is 13.2. The van der Waals surface area contributed by atoms with E-state index in [1.54, 1.807) is 33.7 Å². The van der Waals surface area contributed by atoms with Crippen LogP contribution in [-0.4, -0.2) is 62.5 Å². The Morgan fingerprint density at radius 2 is 1.19 bits per heavy atom. The maximum absolute atomic E-state index is 13.2. The van der Waals surface area contributed by atoms with Crippen LogP contribution in [0.5, 0.6) is 0 Å². The van der Waals surface area contributed by atoms with E-state index in [-0.39, 0.29) is 60.7 Å². The van der Waals surface area contributed by atoms with Crippen LogP contribution >= 0.6 is 0 Å². The van der Waals surface area contributed by atoms with E-state index in [1.807, 2.05) is 0 Å². The van der Waals surface area contributed by atoms with Gasteiger partial charge in [-0.1, -0.05) is 27.7 Å². The first-order valence-corrected chi connectivity index (χ1v) is 15.9. The SMILES string of the molecule is CC(C)CCn1cc(NC(=O)c2ccnc(C(=O)Nc3cc(C(=O)NCCC(=N)N)n(CCC(C)C)c3)c2)cc1C(=O)NCCC(=N)N. The molecule has 48 heavy (non-hydrogen) atoms. The van der Waals surface area contributed by atoms with Crippen molar-refractivity contribution in [1.82, 2.24) is 24.8 Å². The van der Waals surface area contributed by atoms with Crippen molar-refractivity contribution in [3.05, 3.63) is 65.5 Å².